The summed E-state index contributed by atoms with van der Waals surface area (Å²) in [6.45, 7) is 4.04. The van der Waals surface area contributed by atoms with Gasteiger partial charge in [-0.1, -0.05) is 35.9 Å². The predicted octanol–water partition coefficient (Wildman–Crippen LogP) is 3.80. The Morgan fingerprint density at radius 3 is 2.51 bits per heavy atom. The van der Waals surface area contributed by atoms with Crippen molar-refractivity contribution in [3.05, 3.63) is 75.9 Å². The van der Waals surface area contributed by atoms with Gasteiger partial charge in [0, 0.05) is 45.9 Å². The molecular weight excluding hydrogens is 484 g/mol. The topological polar surface area (TPSA) is 143 Å². The van der Waals surface area contributed by atoms with Gasteiger partial charge >= 0.3 is 0 Å². The van der Waals surface area contributed by atoms with Crippen molar-refractivity contribution >= 4 is 40.8 Å². The van der Waals surface area contributed by atoms with Crippen LogP contribution in [0.5, 0.6) is 0 Å². The highest BCUT2D eigenvalue weighted by Gasteiger charge is 2.21. The van der Waals surface area contributed by atoms with Gasteiger partial charge in [0.1, 0.15) is 5.84 Å². The molecule has 1 amide bonds. The Labute approximate surface area is 213 Å². The van der Waals surface area contributed by atoms with Crippen molar-refractivity contribution in [1.29, 1.82) is 5.41 Å². The molecule has 0 bridgehead atoms. The van der Waals surface area contributed by atoms with Gasteiger partial charge in [-0.2, -0.15) is 4.73 Å². The van der Waals surface area contributed by atoms with Crippen LogP contribution in [-0.2, 0) is 17.8 Å². The van der Waals surface area contributed by atoms with E-state index in [-0.39, 0.29) is 36.2 Å². The molecule has 0 saturated carbocycles. The van der Waals surface area contributed by atoms with Crippen molar-refractivity contribution in [2.45, 2.75) is 37.8 Å². The molecule has 184 valence electrons. The number of benzene rings is 2. The number of carbonyl (C=O) groups excluding carboxylic acids is 1. The van der Waals surface area contributed by atoms with Crippen LogP contribution in [0.2, 0.25) is 5.02 Å². The van der Waals surface area contributed by atoms with Crippen LogP contribution in [0.3, 0.4) is 0 Å². The lowest BCUT2D eigenvalue weighted by Crippen LogP contribution is -2.30. The number of nitrogens with two attached hydrogens (primary N) is 2. The van der Waals surface area contributed by atoms with Crippen molar-refractivity contribution in [2.75, 3.05) is 12.0 Å². The summed E-state index contributed by atoms with van der Waals surface area (Å²) in [4.78, 5) is 18.3. The first-order valence-corrected chi connectivity index (χ1v) is 12.5. The predicted molar refractivity (Wildman–Crippen MR) is 142 cm³/mol. The molecule has 0 spiro atoms. The molecular formula is C25H29ClN6O2S. The molecule has 3 rings (SSSR count). The Hall–Kier alpha value is -3.43. The lowest BCUT2D eigenvalue weighted by Gasteiger charge is -2.18. The number of amidine groups is 1. The number of pyridine rings is 1. The van der Waals surface area contributed by atoms with Crippen molar-refractivity contribution in [2.24, 2.45) is 10.7 Å². The average Bonchev–Trinajstić information content (AvgIpc) is 2.81. The van der Waals surface area contributed by atoms with Gasteiger partial charge in [0.25, 0.3) is 0 Å². The van der Waals surface area contributed by atoms with E-state index >= 15 is 0 Å². The molecule has 7 N–H and O–H groups in total. The number of thioether (sulfide) groups is 1. The van der Waals surface area contributed by atoms with Crippen LogP contribution < -0.4 is 22.3 Å². The zero-order valence-electron chi connectivity index (χ0n) is 19.8. The van der Waals surface area contributed by atoms with E-state index in [1.807, 2.05) is 26.2 Å². The molecule has 1 aromatic heterocycles. The van der Waals surface area contributed by atoms with E-state index in [4.69, 9.17) is 28.5 Å². The molecule has 2 aromatic carbocycles. The third kappa shape index (κ3) is 6.37. The van der Waals surface area contributed by atoms with Crippen molar-refractivity contribution in [1.82, 2.24) is 10.0 Å². The fourth-order valence-corrected chi connectivity index (χ4v) is 4.46. The Morgan fingerprint density at radius 1 is 1.23 bits per heavy atom. The monoisotopic (exact) mass is 512 g/mol. The zero-order valence-corrected chi connectivity index (χ0v) is 21.4. The standard InChI is InChI=1S/C25H29ClN6O2S/c1-14(2)31-22-11-19(26)24(18-10-17(27)8-9-21(18)35-3)20(32(22)34)12-23(33)30-13-15-4-6-16(7-5-15)25(28)29/h4-11,14,34H,12-13,27H2,1-3H3,(H3,28,29)(H,30,33). The molecule has 0 aliphatic carbocycles. The summed E-state index contributed by atoms with van der Waals surface area (Å²) < 4.78 is 0.926. The van der Waals surface area contributed by atoms with E-state index in [1.54, 1.807) is 42.5 Å². The molecule has 35 heavy (non-hydrogen) atoms. The van der Waals surface area contributed by atoms with E-state index in [0.717, 1.165) is 20.8 Å². The molecule has 0 atom stereocenters. The summed E-state index contributed by atoms with van der Waals surface area (Å²) in [5.41, 5.74) is 15.4. The van der Waals surface area contributed by atoms with E-state index in [2.05, 4.69) is 10.3 Å². The Balaban J connectivity index is 2.00. The molecule has 8 nitrogen and oxygen atoms in total. The van der Waals surface area contributed by atoms with Gasteiger partial charge in [-0.15, -0.1) is 11.8 Å². The maximum Gasteiger partial charge on any atom is 0.226 e. The van der Waals surface area contributed by atoms with Gasteiger partial charge < -0.3 is 22.0 Å². The molecule has 3 aromatic rings. The lowest BCUT2D eigenvalue weighted by atomic mass is 10.0. The minimum atomic E-state index is -0.308. The molecule has 10 heteroatoms. The lowest BCUT2D eigenvalue weighted by molar-refractivity contribution is -0.120. The Bertz CT molecular complexity index is 1320. The number of carbonyl (C=O) groups is 1. The van der Waals surface area contributed by atoms with E-state index in [0.29, 0.717) is 27.5 Å². The Kier molecular flexibility index (Phi) is 8.48. The number of nitrogens with zero attached hydrogens (tertiary/aromatic N) is 2. The number of anilines is 1. The quantitative estimate of drug-likeness (QED) is 0.102. The minimum absolute atomic E-state index is 0.0182. The number of amides is 1. The number of halogens is 1. The van der Waals surface area contributed by atoms with Gasteiger partial charge in [-0.05, 0) is 43.9 Å². The normalized spacial score (nSPS) is 11.6. The van der Waals surface area contributed by atoms with E-state index in [9.17, 15) is 10.0 Å². The molecule has 0 aliphatic heterocycles. The Morgan fingerprint density at radius 2 is 1.91 bits per heavy atom. The first kappa shape index (κ1) is 26.2. The van der Waals surface area contributed by atoms with Gasteiger partial charge in [0.15, 0.2) is 5.49 Å². The zero-order chi connectivity index (χ0) is 25.7. The fourth-order valence-electron chi connectivity index (χ4n) is 3.57. The summed E-state index contributed by atoms with van der Waals surface area (Å²) in [6.07, 6.45) is 1.79. The van der Waals surface area contributed by atoms with Crippen LogP contribution in [0, 0.1) is 5.41 Å². The van der Waals surface area contributed by atoms with Crippen molar-refractivity contribution < 1.29 is 10.0 Å². The highest BCUT2D eigenvalue weighted by molar-refractivity contribution is 7.98. The molecule has 0 fully saturated rings. The van der Waals surface area contributed by atoms with Crippen molar-refractivity contribution in [3.63, 3.8) is 0 Å². The third-order valence-electron chi connectivity index (χ3n) is 5.22. The number of rotatable bonds is 8. The number of hydrogen-bond acceptors (Lipinski definition) is 6. The van der Waals surface area contributed by atoms with E-state index in [1.165, 1.54) is 11.8 Å². The number of aromatic nitrogens is 1. The number of hydrogen-bond donors (Lipinski definition) is 5. The smallest absolute Gasteiger partial charge is 0.226 e. The summed E-state index contributed by atoms with van der Waals surface area (Å²) >= 11 is 8.22. The minimum Gasteiger partial charge on any atom is -0.427 e. The maximum atomic E-state index is 13.0. The molecule has 0 unspecified atom stereocenters. The maximum absolute atomic E-state index is 13.0. The van der Waals surface area contributed by atoms with Crippen LogP contribution in [0.4, 0.5) is 5.69 Å². The van der Waals surface area contributed by atoms with Crippen LogP contribution in [-0.4, -0.2) is 34.0 Å². The summed E-state index contributed by atoms with van der Waals surface area (Å²) in [7, 11) is 0. The van der Waals surface area contributed by atoms with Crippen LogP contribution in [0.1, 0.15) is 30.7 Å². The SMILES string of the molecule is CSc1ccc(N)cc1-c1c(Cl)cc(=NC(C)C)n(O)c1CC(=O)NCc1ccc(C(=N)N)cc1. The largest absolute Gasteiger partial charge is 0.427 e. The van der Waals surface area contributed by atoms with Gasteiger partial charge in [0.2, 0.25) is 5.91 Å². The highest BCUT2D eigenvalue weighted by Crippen LogP contribution is 2.37. The molecule has 0 radical (unpaired) electrons. The second kappa shape index (κ2) is 11.3. The number of nitrogen functional groups attached to an aromatic ring is 2. The molecule has 1 heterocycles. The van der Waals surface area contributed by atoms with Crippen molar-refractivity contribution in [3.8, 4) is 11.1 Å². The van der Waals surface area contributed by atoms with Gasteiger partial charge in [-0.3, -0.25) is 15.2 Å². The summed E-state index contributed by atoms with van der Waals surface area (Å²) in [5.74, 6) is -0.326. The fraction of sp³-hybridized carbons (Fsp3) is 0.240. The van der Waals surface area contributed by atoms with Gasteiger partial charge in [-0.25, -0.2) is 0 Å². The molecule has 0 aliphatic rings. The van der Waals surface area contributed by atoms with Gasteiger partial charge in [0.05, 0.1) is 17.1 Å². The third-order valence-corrected chi connectivity index (χ3v) is 6.32. The highest BCUT2D eigenvalue weighted by atomic mass is 35.5. The number of nitrogens with one attached hydrogen (secondary N) is 2. The average molecular weight is 513 g/mol. The summed E-state index contributed by atoms with van der Waals surface area (Å²) in [5, 5.41) is 21.8. The first-order chi connectivity index (χ1) is 16.6. The second-order valence-corrected chi connectivity index (χ2v) is 9.49. The second-order valence-electron chi connectivity index (χ2n) is 8.23. The van der Waals surface area contributed by atoms with E-state index < -0.39 is 0 Å². The summed E-state index contributed by atoms with van der Waals surface area (Å²) in [6, 6.07) is 14.0. The van der Waals surface area contributed by atoms with Crippen LogP contribution >= 0.6 is 23.4 Å². The van der Waals surface area contributed by atoms with Crippen LogP contribution in [0.25, 0.3) is 11.1 Å². The molecule has 0 saturated heterocycles. The first-order valence-electron chi connectivity index (χ1n) is 10.9. The van der Waals surface area contributed by atoms with Crippen LogP contribution in [0.15, 0.2) is 58.4 Å².